The van der Waals surface area contributed by atoms with E-state index in [4.69, 9.17) is 5.73 Å². The maximum absolute atomic E-state index is 12.0. The Labute approximate surface area is 159 Å². The number of hydrogen-bond acceptors (Lipinski definition) is 3. The molecule has 2 aromatic rings. The monoisotopic (exact) mass is 301 g/mol. The van der Waals surface area contributed by atoms with E-state index in [1.807, 2.05) is 12.1 Å². The van der Waals surface area contributed by atoms with Gasteiger partial charge in [0.05, 0.1) is 5.52 Å². The van der Waals surface area contributed by atoms with Gasteiger partial charge in [0.2, 0.25) is 0 Å². The molecule has 1 fully saturated rings. The van der Waals surface area contributed by atoms with E-state index in [0.717, 1.165) is 18.4 Å². The first kappa shape index (κ1) is 15.7. The summed E-state index contributed by atoms with van der Waals surface area (Å²) in [5, 5.41) is 0. The van der Waals surface area contributed by atoms with Crippen LogP contribution in [0.4, 0.5) is 4.79 Å². The molecule has 2 aromatic heterocycles. The number of aromatic nitrogens is 3. The molecule has 1 aliphatic heterocycles. The zero-order valence-electron chi connectivity index (χ0n) is 12.4. The summed E-state index contributed by atoms with van der Waals surface area (Å²) >= 11 is 0. The van der Waals surface area contributed by atoms with E-state index in [2.05, 4.69) is 9.97 Å². The molecule has 0 spiro atoms. The zero-order chi connectivity index (χ0) is 13.4. The van der Waals surface area contributed by atoms with Gasteiger partial charge in [-0.3, -0.25) is 9.55 Å². The van der Waals surface area contributed by atoms with E-state index >= 15 is 0 Å². The number of amides is 2. The minimum absolute atomic E-state index is 0. The first-order chi connectivity index (χ1) is 9.16. The van der Waals surface area contributed by atoms with E-state index < -0.39 is 6.03 Å². The summed E-state index contributed by atoms with van der Waals surface area (Å²) in [6, 6.07) is 3.37. The second kappa shape index (κ2) is 6.40. The molecule has 0 radical (unpaired) electrons. The van der Waals surface area contributed by atoms with Gasteiger partial charge in [-0.15, -0.1) is 0 Å². The first-order valence-electron chi connectivity index (χ1n) is 6.26. The van der Waals surface area contributed by atoms with Crippen molar-refractivity contribution >= 4 is 17.2 Å². The van der Waals surface area contributed by atoms with E-state index in [-0.39, 0.29) is 64.5 Å². The van der Waals surface area contributed by atoms with Crippen LogP contribution >= 0.6 is 0 Å². The Morgan fingerprint density at radius 1 is 1.45 bits per heavy atom. The molecule has 3 heterocycles. The molecule has 20 heavy (non-hydrogen) atoms. The number of primary amides is 1. The van der Waals surface area contributed by atoms with Gasteiger partial charge < -0.3 is 12.1 Å². The van der Waals surface area contributed by atoms with Crippen molar-refractivity contribution in [3.63, 3.8) is 0 Å². The molecule has 3 rings (SSSR count). The SMILES string of the molecule is NC(=O)N1CCC(n2c(=O)[nH]c3ncccc32)CC1.[H-].[K+]. The number of nitrogens with one attached hydrogen (secondary N) is 1. The second-order valence-corrected chi connectivity index (χ2v) is 4.73. The van der Waals surface area contributed by atoms with E-state index in [1.165, 1.54) is 0 Å². The van der Waals surface area contributed by atoms with Crippen molar-refractivity contribution in [2.75, 3.05) is 13.1 Å². The summed E-state index contributed by atoms with van der Waals surface area (Å²) in [4.78, 5) is 31.6. The average Bonchev–Trinajstić information content (AvgIpc) is 2.74. The van der Waals surface area contributed by atoms with Crippen molar-refractivity contribution in [1.29, 1.82) is 0 Å². The van der Waals surface area contributed by atoms with Crippen molar-refractivity contribution < 1.29 is 57.6 Å². The van der Waals surface area contributed by atoms with E-state index in [9.17, 15) is 9.59 Å². The molecule has 0 atom stereocenters. The number of carbonyl (C=O) groups excluding carboxylic acids is 1. The maximum atomic E-state index is 12.0. The molecule has 102 valence electrons. The van der Waals surface area contributed by atoms with Crippen LogP contribution in [0.3, 0.4) is 0 Å². The summed E-state index contributed by atoms with van der Waals surface area (Å²) in [5.74, 6) is 0. The molecular weight excluding hydrogens is 285 g/mol. The van der Waals surface area contributed by atoms with Crippen molar-refractivity contribution in [3.8, 4) is 0 Å². The Morgan fingerprint density at radius 3 is 2.80 bits per heavy atom. The number of nitrogens with two attached hydrogens (primary N) is 1. The van der Waals surface area contributed by atoms with Crippen LogP contribution in [0.15, 0.2) is 23.1 Å². The topological polar surface area (TPSA) is 97.0 Å². The Kier molecular flexibility index (Phi) is 5.02. The number of aromatic amines is 1. The number of likely N-dealkylation sites (tertiary alicyclic amines) is 1. The van der Waals surface area contributed by atoms with Gasteiger partial charge in [0.25, 0.3) is 0 Å². The number of fused-ring (bicyclic) bond motifs is 1. The molecule has 0 unspecified atom stereocenters. The van der Waals surface area contributed by atoms with Crippen LogP contribution in [0.2, 0.25) is 0 Å². The molecule has 0 aliphatic carbocycles. The van der Waals surface area contributed by atoms with Crippen LogP contribution in [0.1, 0.15) is 20.3 Å². The first-order valence-corrected chi connectivity index (χ1v) is 6.26. The molecule has 8 heteroatoms. The third-order valence-electron chi connectivity index (χ3n) is 3.63. The minimum Gasteiger partial charge on any atom is -1.00 e. The van der Waals surface area contributed by atoms with Gasteiger partial charge in [-0.2, -0.15) is 0 Å². The molecule has 7 nitrogen and oxygen atoms in total. The minimum atomic E-state index is -0.397. The summed E-state index contributed by atoms with van der Waals surface area (Å²) in [5.41, 5.74) is 6.52. The van der Waals surface area contributed by atoms with Gasteiger partial charge in [0, 0.05) is 25.3 Å². The van der Waals surface area contributed by atoms with Crippen molar-refractivity contribution in [1.82, 2.24) is 19.4 Å². The summed E-state index contributed by atoms with van der Waals surface area (Å²) in [6.07, 6.45) is 3.10. The van der Waals surface area contributed by atoms with Crippen molar-refractivity contribution in [2.45, 2.75) is 18.9 Å². The summed E-state index contributed by atoms with van der Waals surface area (Å²) in [6.45, 7) is 1.17. The third-order valence-corrected chi connectivity index (χ3v) is 3.63. The van der Waals surface area contributed by atoms with Crippen LogP contribution < -0.4 is 62.8 Å². The van der Waals surface area contributed by atoms with E-state index in [0.29, 0.717) is 18.7 Å². The number of pyridine rings is 1. The summed E-state index contributed by atoms with van der Waals surface area (Å²) in [7, 11) is 0. The normalized spacial score (nSPS) is 16.1. The fourth-order valence-electron chi connectivity index (χ4n) is 2.67. The Balaban J connectivity index is 0.00000110. The number of hydrogen-bond donors (Lipinski definition) is 2. The van der Waals surface area contributed by atoms with Crippen molar-refractivity contribution in [2.24, 2.45) is 5.73 Å². The van der Waals surface area contributed by atoms with Crippen LogP contribution in [-0.4, -0.2) is 38.6 Å². The maximum Gasteiger partial charge on any atom is 1.00 e. The van der Waals surface area contributed by atoms with Gasteiger partial charge >= 0.3 is 63.1 Å². The number of imidazole rings is 1. The number of nitrogens with zero attached hydrogens (tertiary/aromatic N) is 3. The molecule has 0 aromatic carbocycles. The quantitative estimate of drug-likeness (QED) is 0.573. The third kappa shape index (κ3) is 2.84. The Bertz CT molecular complexity index is 678. The Hall–Kier alpha value is -0.674. The largest absolute Gasteiger partial charge is 1.00 e. The molecule has 1 aliphatic rings. The number of carbonyl (C=O) groups is 1. The fraction of sp³-hybridized carbons (Fsp3) is 0.417. The van der Waals surface area contributed by atoms with E-state index in [1.54, 1.807) is 15.7 Å². The predicted octanol–water partition coefficient (Wildman–Crippen LogP) is -2.44. The number of H-pyrrole nitrogens is 1. The molecule has 0 saturated carbocycles. The van der Waals surface area contributed by atoms with Crippen molar-refractivity contribution in [3.05, 3.63) is 28.8 Å². The molecule has 3 N–H and O–H groups in total. The number of piperidine rings is 1. The number of urea groups is 1. The molecule has 0 bridgehead atoms. The van der Waals surface area contributed by atoms with Crippen LogP contribution in [0.25, 0.3) is 11.2 Å². The van der Waals surface area contributed by atoms with Crippen LogP contribution in [0, 0.1) is 0 Å². The molecular formula is C12H16KN5O2. The number of rotatable bonds is 1. The molecule has 1 saturated heterocycles. The standard InChI is InChI=1S/C12H15N5O2.K.H/c13-11(18)16-6-3-8(4-7-16)17-9-2-1-5-14-10(9)15-12(17)19;;/h1-2,5,8H,3-4,6-7H2,(H2,13,18)(H,14,15,19);;/q;+1;-1. The van der Waals surface area contributed by atoms with Crippen LogP contribution in [-0.2, 0) is 0 Å². The molecule has 2 amide bonds. The van der Waals surface area contributed by atoms with Gasteiger partial charge in [-0.25, -0.2) is 14.6 Å². The van der Waals surface area contributed by atoms with Crippen LogP contribution in [0.5, 0.6) is 0 Å². The predicted molar refractivity (Wildman–Crippen MR) is 70.9 cm³/mol. The second-order valence-electron chi connectivity index (χ2n) is 4.73. The smallest absolute Gasteiger partial charge is 1.00 e. The van der Waals surface area contributed by atoms with Gasteiger partial charge in [0.1, 0.15) is 0 Å². The van der Waals surface area contributed by atoms with Gasteiger partial charge in [-0.1, -0.05) is 0 Å². The Morgan fingerprint density at radius 2 is 2.15 bits per heavy atom. The van der Waals surface area contributed by atoms with Gasteiger partial charge in [0.15, 0.2) is 5.65 Å². The zero-order valence-corrected chi connectivity index (χ0v) is 14.5. The van der Waals surface area contributed by atoms with Gasteiger partial charge in [-0.05, 0) is 25.0 Å². The summed E-state index contributed by atoms with van der Waals surface area (Å²) < 4.78 is 1.74. The fourth-order valence-corrected chi connectivity index (χ4v) is 2.67. The average molecular weight is 301 g/mol.